The first-order valence-electron chi connectivity index (χ1n) is 5.22. The first-order valence-corrected chi connectivity index (χ1v) is 7.18. The van der Waals surface area contributed by atoms with Crippen LogP contribution in [0.25, 0.3) is 0 Å². The fraction of sp³-hybridized carbons (Fsp3) is 0.364. The van der Waals surface area contributed by atoms with Crippen molar-refractivity contribution in [3.63, 3.8) is 0 Å². The van der Waals surface area contributed by atoms with E-state index in [9.17, 15) is 4.79 Å². The smallest absolute Gasteiger partial charge is 0.243 e. The molecule has 1 aromatic carbocycles. The summed E-state index contributed by atoms with van der Waals surface area (Å²) in [5, 5.41) is 0.612. The van der Waals surface area contributed by atoms with Gasteiger partial charge in [-0.3, -0.25) is 4.79 Å². The van der Waals surface area contributed by atoms with Crippen molar-refractivity contribution in [2.45, 2.75) is 18.9 Å². The quantitative estimate of drug-likeness (QED) is 0.810. The van der Waals surface area contributed by atoms with Crippen LogP contribution >= 0.6 is 43.5 Å². The van der Waals surface area contributed by atoms with Gasteiger partial charge in [0.15, 0.2) is 0 Å². The topological polar surface area (TPSA) is 46.3 Å². The number of halogens is 3. The first-order chi connectivity index (χ1) is 8.00. The number of nitrogens with zero attached hydrogens (tertiary/aromatic N) is 1. The van der Waals surface area contributed by atoms with Gasteiger partial charge in [0.1, 0.15) is 0 Å². The van der Waals surface area contributed by atoms with Crippen LogP contribution in [-0.2, 0) is 4.79 Å². The molecule has 1 unspecified atom stereocenters. The maximum absolute atomic E-state index is 12.0. The van der Waals surface area contributed by atoms with Crippen molar-refractivity contribution in [3.8, 4) is 0 Å². The Morgan fingerprint density at radius 2 is 1.94 bits per heavy atom. The lowest BCUT2D eigenvalue weighted by Crippen LogP contribution is -2.48. The standard InChI is InChI=1S/C11H11Br2ClN2O/c12-7-4-6(14)5-8(13)10(7)16-3-1-2-9(15)11(16)17/h4-5,9H,1-3,15H2. The van der Waals surface area contributed by atoms with Crippen LogP contribution in [0.15, 0.2) is 21.1 Å². The molecule has 0 bridgehead atoms. The summed E-state index contributed by atoms with van der Waals surface area (Å²) in [5.41, 5.74) is 6.59. The number of amides is 1. The summed E-state index contributed by atoms with van der Waals surface area (Å²) >= 11 is 12.8. The fourth-order valence-corrected chi connectivity index (χ4v) is 4.01. The molecule has 6 heteroatoms. The molecule has 2 rings (SSSR count). The lowest BCUT2D eigenvalue weighted by molar-refractivity contribution is -0.120. The van der Waals surface area contributed by atoms with Crippen LogP contribution in [0.5, 0.6) is 0 Å². The van der Waals surface area contributed by atoms with E-state index >= 15 is 0 Å². The van der Waals surface area contributed by atoms with Gasteiger partial charge < -0.3 is 10.6 Å². The Balaban J connectivity index is 2.43. The van der Waals surface area contributed by atoms with E-state index < -0.39 is 6.04 Å². The molecule has 0 aliphatic carbocycles. The molecule has 1 aliphatic heterocycles. The molecule has 0 aromatic heterocycles. The van der Waals surface area contributed by atoms with Gasteiger partial charge in [0.05, 0.1) is 11.7 Å². The van der Waals surface area contributed by atoms with E-state index in [2.05, 4.69) is 31.9 Å². The maximum Gasteiger partial charge on any atom is 0.243 e. The Kier molecular flexibility index (Phi) is 4.13. The highest BCUT2D eigenvalue weighted by Gasteiger charge is 2.29. The molecule has 17 heavy (non-hydrogen) atoms. The molecule has 1 fully saturated rings. The van der Waals surface area contributed by atoms with Crippen molar-refractivity contribution >= 4 is 55.1 Å². The number of benzene rings is 1. The zero-order chi connectivity index (χ0) is 12.6. The number of rotatable bonds is 1. The molecule has 1 amide bonds. The van der Waals surface area contributed by atoms with E-state index in [0.29, 0.717) is 11.6 Å². The van der Waals surface area contributed by atoms with Crippen molar-refractivity contribution in [3.05, 3.63) is 26.1 Å². The number of anilines is 1. The van der Waals surface area contributed by atoms with Gasteiger partial charge in [-0.1, -0.05) is 11.6 Å². The van der Waals surface area contributed by atoms with Gasteiger partial charge in [0.2, 0.25) is 5.91 Å². The van der Waals surface area contributed by atoms with Gasteiger partial charge in [0.25, 0.3) is 0 Å². The van der Waals surface area contributed by atoms with E-state index in [0.717, 1.165) is 27.5 Å². The summed E-state index contributed by atoms with van der Waals surface area (Å²) in [6, 6.07) is 3.14. The molecular weight excluding hydrogens is 371 g/mol. The highest BCUT2D eigenvalue weighted by Crippen LogP contribution is 2.38. The second kappa shape index (κ2) is 5.26. The zero-order valence-corrected chi connectivity index (χ0v) is 12.8. The average Bonchev–Trinajstić information content (AvgIpc) is 2.23. The molecule has 2 N–H and O–H groups in total. The van der Waals surface area contributed by atoms with Gasteiger partial charge in [-0.05, 0) is 56.8 Å². The van der Waals surface area contributed by atoms with E-state index in [-0.39, 0.29) is 5.91 Å². The number of hydrogen-bond acceptors (Lipinski definition) is 2. The molecule has 1 aromatic rings. The average molecular weight is 382 g/mol. The first kappa shape index (κ1) is 13.3. The molecule has 0 radical (unpaired) electrons. The molecule has 1 atom stereocenters. The maximum atomic E-state index is 12.0. The second-order valence-corrected chi connectivity index (χ2v) is 6.10. The number of hydrogen-bond donors (Lipinski definition) is 1. The van der Waals surface area contributed by atoms with Gasteiger partial charge in [-0.15, -0.1) is 0 Å². The summed E-state index contributed by atoms with van der Waals surface area (Å²) < 4.78 is 1.58. The Labute approximate surface area is 122 Å². The van der Waals surface area contributed by atoms with Crippen molar-refractivity contribution in [1.29, 1.82) is 0 Å². The van der Waals surface area contributed by atoms with E-state index in [1.54, 1.807) is 17.0 Å². The van der Waals surface area contributed by atoms with Gasteiger partial charge >= 0.3 is 0 Å². The minimum atomic E-state index is -0.404. The van der Waals surface area contributed by atoms with Crippen LogP contribution in [0.2, 0.25) is 5.02 Å². The minimum absolute atomic E-state index is 0.0417. The van der Waals surface area contributed by atoms with Gasteiger partial charge in [-0.25, -0.2) is 0 Å². The molecular formula is C11H11Br2ClN2O. The van der Waals surface area contributed by atoms with Crippen LogP contribution in [-0.4, -0.2) is 18.5 Å². The highest BCUT2D eigenvalue weighted by atomic mass is 79.9. The van der Waals surface area contributed by atoms with E-state index in [1.807, 2.05) is 0 Å². The molecule has 1 aliphatic rings. The van der Waals surface area contributed by atoms with Crippen molar-refractivity contribution < 1.29 is 4.79 Å². The number of carbonyl (C=O) groups is 1. The predicted octanol–water partition coefficient (Wildman–Crippen LogP) is 3.32. The lowest BCUT2D eigenvalue weighted by atomic mass is 10.0. The fourth-order valence-electron chi connectivity index (χ4n) is 1.92. The summed E-state index contributed by atoms with van der Waals surface area (Å²) in [4.78, 5) is 13.7. The van der Waals surface area contributed by atoms with Crippen LogP contribution in [0, 0.1) is 0 Å². The molecule has 1 saturated heterocycles. The largest absolute Gasteiger partial charge is 0.320 e. The van der Waals surface area contributed by atoms with Gasteiger partial charge in [0, 0.05) is 20.5 Å². The van der Waals surface area contributed by atoms with Crippen molar-refractivity contribution in [1.82, 2.24) is 0 Å². The van der Waals surface area contributed by atoms with Crippen LogP contribution in [0.4, 0.5) is 5.69 Å². The monoisotopic (exact) mass is 380 g/mol. The van der Waals surface area contributed by atoms with E-state index in [4.69, 9.17) is 17.3 Å². The minimum Gasteiger partial charge on any atom is -0.320 e. The van der Waals surface area contributed by atoms with Crippen LogP contribution in [0.3, 0.4) is 0 Å². The third-order valence-corrected chi connectivity index (χ3v) is 4.16. The number of piperidine rings is 1. The molecule has 92 valence electrons. The third kappa shape index (κ3) is 2.67. The number of nitrogens with two attached hydrogens (primary N) is 1. The van der Waals surface area contributed by atoms with Gasteiger partial charge in [-0.2, -0.15) is 0 Å². The SMILES string of the molecule is NC1CCCN(c2c(Br)cc(Cl)cc2Br)C1=O. The highest BCUT2D eigenvalue weighted by molar-refractivity contribution is 9.11. The summed E-state index contributed by atoms with van der Waals surface area (Å²) in [6.45, 7) is 0.686. The molecule has 1 heterocycles. The molecule has 0 saturated carbocycles. The zero-order valence-electron chi connectivity index (χ0n) is 8.92. The summed E-state index contributed by atoms with van der Waals surface area (Å²) in [6.07, 6.45) is 1.66. The van der Waals surface area contributed by atoms with Crippen LogP contribution in [0.1, 0.15) is 12.8 Å². The lowest BCUT2D eigenvalue weighted by Gasteiger charge is -2.32. The Bertz CT molecular complexity index is 444. The van der Waals surface area contributed by atoms with Crippen LogP contribution < -0.4 is 10.6 Å². The molecule has 3 nitrogen and oxygen atoms in total. The third-order valence-electron chi connectivity index (χ3n) is 2.73. The Morgan fingerprint density at radius 1 is 1.35 bits per heavy atom. The van der Waals surface area contributed by atoms with Crippen molar-refractivity contribution in [2.75, 3.05) is 11.4 Å². The number of carbonyl (C=O) groups excluding carboxylic acids is 1. The van der Waals surface area contributed by atoms with Crippen molar-refractivity contribution in [2.24, 2.45) is 5.73 Å². The normalized spacial score (nSPS) is 20.8. The van der Waals surface area contributed by atoms with E-state index in [1.165, 1.54) is 0 Å². The Morgan fingerprint density at radius 3 is 2.53 bits per heavy atom. The Hall–Kier alpha value is -0.100. The summed E-state index contributed by atoms with van der Waals surface area (Å²) in [5.74, 6) is -0.0417. The predicted molar refractivity (Wildman–Crippen MR) is 76.4 cm³/mol. The second-order valence-electron chi connectivity index (χ2n) is 3.96. The summed E-state index contributed by atoms with van der Waals surface area (Å²) in [7, 11) is 0. The molecule has 0 spiro atoms.